The maximum Gasteiger partial charge on any atom is 0.127 e. The van der Waals surface area contributed by atoms with E-state index in [2.05, 4.69) is 0 Å². The highest BCUT2D eigenvalue weighted by Crippen LogP contribution is 2.29. The number of hydrogen-bond acceptors (Lipinski definition) is 4. The predicted octanol–water partition coefficient (Wildman–Crippen LogP) is 2.06. The fraction of sp³-hybridized carbons (Fsp3) is 0.0714. The van der Waals surface area contributed by atoms with Gasteiger partial charge in [0.2, 0.25) is 0 Å². The zero-order valence-corrected chi connectivity index (χ0v) is 10.7. The molecule has 0 atom stereocenters. The van der Waals surface area contributed by atoms with Crippen LogP contribution in [-0.4, -0.2) is 5.97 Å². The van der Waals surface area contributed by atoms with E-state index in [-0.39, 0.29) is 11.4 Å². The van der Waals surface area contributed by atoms with E-state index in [9.17, 15) is 14.3 Å². The number of hydrogen-bond donors (Lipinski definition) is 1. The lowest BCUT2D eigenvalue weighted by Crippen LogP contribution is -2.22. The number of benzene rings is 2. The Hall–Kier alpha value is -2.01. The van der Waals surface area contributed by atoms with E-state index in [0.717, 1.165) is 0 Å². The molecule has 2 N–H and O–H groups in total. The molecule has 0 amide bonds. The van der Waals surface area contributed by atoms with E-state index < -0.39 is 5.97 Å². The summed E-state index contributed by atoms with van der Waals surface area (Å²) in [4.78, 5) is 11.4. The van der Waals surface area contributed by atoms with Crippen molar-refractivity contribution in [3.8, 4) is 0 Å². The van der Waals surface area contributed by atoms with Crippen molar-refractivity contribution in [3.05, 3.63) is 59.4 Å². The van der Waals surface area contributed by atoms with Gasteiger partial charge in [-0.05, 0) is 29.3 Å². The highest BCUT2D eigenvalue weighted by molar-refractivity contribution is 7.98. The fourth-order valence-electron chi connectivity index (χ4n) is 1.58. The molecule has 2 rings (SSSR count). The molecule has 0 saturated heterocycles. The largest absolute Gasteiger partial charge is 0.545 e. The monoisotopic (exact) mass is 276 g/mol. The molecule has 0 saturated carbocycles. The first-order valence-electron chi connectivity index (χ1n) is 5.55. The molecule has 0 unspecified atom stereocenters. The minimum absolute atomic E-state index is 0.0349. The molecule has 0 heterocycles. The second-order valence-corrected chi connectivity index (χ2v) is 4.94. The quantitative estimate of drug-likeness (QED) is 0.685. The topological polar surface area (TPSA) is 66.2 Å². The van der Waals surface area contributed by atoms with Crippen molar-refractivity contribution in [1.82, 2.24) is 0 Å². The molecule has 0 fully saturated rings. The van der Waals surface area contributed by atoms with E-state index in [1.807, 2.05) is 0 Å². The molecule has 2 aromatic rings. The van der Waals surface area contributed by atoms with Gasteiger partial charge in [0.25, 0.3) is 0 Å². The Labute approximate surface area is 114 Å². The van der Waals surface area contributed by atoms with E-state index in [0.29, 0.717) is 21.9 Å². The molecule has 0 aliphatic carbocycles. The first-order chi connectivity index (χ1) is 9.08. The molecule has 3 nitrogen and oxygen atoms in total. The van der Waals surface area contributed by atoms with Crippen LogP contribution in [0.4, 0.5) is 10.1 Å². The number of anilines is 1. The van der Waals surface area contributed by atoms with Gasteiger partial charge in [-0.25, -0.2) is 4.39 Å². The summed E-state index contributed by atoms with van der Waals surface area (Å²) >= 11 is 1.36. The van der Waals surface area contributed by atoms with Gasteiger partial charge >= 0.3 is 0 Å². The van der Waals surface area contributed by atoms with Crippen LogP contribution >= 0.6 is 11.8 Å². The Kier molecular flexibility index (Phi) is 4.06. The molecule has 0 aromatic heterocycles. The molecule has 0 aliphatic rings. The third kappa shape index (κ3) is 3.26. The number of carboxylic acids is 1. The molecule has 0 radical (unpaired) electrons. The van der Waals surface area contributed by atoms with Crippen molar-refractivity contribution < 1.29 is 14.3 Å². The summed E-state index contributed by atoms with van der Waals surface area (Å²) in [7, 11) is 0. The van der Waals surface area contributed by atoms with Gasteiger partial charge in [-0.3, -0.25) is 0 Å². The molecule has 5 heteroatoms. The summed E-state index contributed by atoms with van der Waals surface area (Å²) < 4.78 is 13.4. The summed E-state index contributed by atoms with van der Waals surface area (Å²) in [5.74, 6) is -1.10. The average molecular weight is 276 g/mol. The first-order valence-corrected chi connectivity index (χ1v) is 6.53. The maximum atomic E-state index is 13.4. The molecular weight excluding hydrogens is 265 g/mol. The van der Waals surface area contributed by atoms with E-state index in [1.54, 1.807) is 24.3 Å². The van der Waals surface area contributed by atoms with Gasteiger partial charge in [0, 0.05) is 16.3 Å². The summed E-state index contributed by atoms with van der Waals surface area (Å²) in [5, 5.41) is 10.7. The summed E-state index contributed by atoms with van der Waals surface area (Å²) in [5.41, 5.74) is 6.72. The highest BCUT2D eigenvalue weighted by atomic mass is 32.2. The second-order valence-electron chi connectivity index (χ2n) is 3.92. The Balaban J connectivity index is 2.12. The number of nitrogens with two attached hydrogens (primary N) is 1. The highest BCUT2D eigenvalue weighted by Gasteiger charge is 2.05. The third-order valence-electron chi connectivity index (χ3n) is 2.59. The Bertz CT molecular complexity index is 616. The van der Waals surface area contributed by atoms with Crippen molar-refractivity contribution in [1.29, 1.82) is 0 Å². The molecular formula is C14H11FNO2S-. The zero-order valence-electron chi connectivity index (χ0n) is 9.93. The van der Waals surface area contributed by atoms with E-state index in [4.69, 9.17) is 5.73 Å². The molecule has 98 valence electrons. The number of thioether (sulfide) groups is 1. The summed E-state index contributed by atoms with van der Waals surface area (Å²) in [6, 6.07) is 10.9. The van der Waals surface area contributed by atoms with Gasteiger partial charge in [0.1, 0.15) is 5.82 Å². The number of carboxylic acid groups (broad SMARTS) is 1. The molecule has 0 spiro atoms. The van der Waals surface area contributed by atoms with Crippen LogP contribution in [-0.2, 0) is 5.75 Å². The SMILES string of the molecule is Nc1cc(C(=O)[O-])ccc1SCc1ccccc1F. The molecule has 0 aliphatic heterocycles. The van der Waals surface area contributed by atoms with E-state index in [1.165, 1.54) is 30.0 Å². The normalized spacial score (nSPS) is 10.4. The summed E-state index contributed by atoms with van der Waals surface area (Å²) in [6.45, 7) is 0. The van der Waals surface area contributed by atoms with Crippen LogP contribution in [0.15, 0.2) is 47.4 Å². The van der Waals surface area contributed by atoms with Gasteiger partial charge in [-0.1, -0.05) is 24.3 Å². The van der Waals surface area contributed by atoms with Crippen molar-refractivity contribution >= 4 is 23.4 Å². The minimum atomic E-state index is -1.27. The Morgan fingerprint density at radius 3 is 2.63 bits per heavy atom. The number of carbonyl (C=O) groups excluding carboxylic acids is 1. The molecule has 19 heavy (non-hydrogen) atoms. The van der Waals surface area contributed by atoms with Gasteiger partial charge in [-0.15, -0.1) is 11.8 Å². The maximum absolute atomic E-state index is 13.4. The van der Waals surface area contributed by atoms with Crippen molar-refractivity contribution in [2.75, 3.05) is 5.73 Å². The Morgan fingerprint density at radius 1 is 1.26 bits per heavy atom. The van der Waals surface area contributed by atoms with Crippen molar-refractivity contribution in [2.24, 2.45) is 0 Å². The van der Waals surface area contributed by atoms with Crippen LogP contribution in [0.5, 0.6) is 0 Å². The number of carbonyl (C=O) groups is 1. The fourth-order valence-corrected chi connectivity index (χ4v) is 2.51. The molecule has 0 bridgehead atoms. The second kappa shape index (κ2) is 5.75. The predicted molar refractivity (Wildman–Crippen MR) is 71.1 cm³/mol. The summed E-state index contributed by atoms with van der Waals surface area (Å²) in [6.07, 6.45) is 0. The first kappa shape index (κ1) is 13.4. The van der Waals surface area contributed by atoms with Crippen LogP contribution in [0.2, 0.25) is 0 Å². The molecule has 2 aromatic carbocycles. The lowest BCUT2D eigenvalue weighted by Gasteiger charge is -2.09. The van der Waals surface area contributed by atoms with Crippen LogP contribution in [0.1, 0.15) is 15.9 Å². The van der Waals surface area contributed by atoms with Gasteiger partial charge in [0.05, 0.1) is 5.97 Å². The smallest absolute Gasteiger partial charge is 0.127 e. The number of nitrogen functional groups attached to an aromatic ring is 1. The lowest BCUT2D eigenvalue weighted by molar-refractivity contribution is -0.255. The van der Waals surface area contributed by atoms with Crippen LogP contribution in [0, 0.1) is 5.82 Å². The van der Waals surface area contributed by atoms with Crippen molar-refractivity contribution in [2.45, 2.75) is 10.6 Å². The van der Waals surface area contributed by atoms with Gasteiger partial charge < -0.3 is 15.6 Å². The minimum Gasteiger partial charge on any atom is -0.545 e. The number of halogens is 1. The van der Waals surface area contributed by atoms with Crippen LogP contribution in [0.25, 0.3) is 0 Å². The standard InChI is InChI=1S/C14H12FNO2S/c15-11-4-2-1-3-10(11)8-19-13-6-5-9(14(17)18)7-12(13)16/h1-7H,8,16H2,(H,17,18)/p-1. The van der Waals surface area contributed by atoms with Crippen LogP contribution in [0.3, 0.4) is 0 Å². The number of aromatic carboxylic acids is 1. The Morgan fingerprint density at radius 2 is 2.00 bits per heavy atom. The van der Waals surface area contributed by atoms with Crippen molar-refractivity contribution in [3.63, 3.8) is 0 Å². The zero-order chi connectivity index (χ0) is 13.8. The third-order valence-corrected chi connectivity index (χ3v) is 3.72. The lowest BCUT2D eigenvalue weighted by atomic mass is 10.2. The van der Waals surface area contributed by atoms with Gasteiger partial charge in [-0.2, -0.15) is 0 Å². The average Bonchev–Trinajstić information content (AvgIpc) is 2.39. The van der Waals surface area contributed by atoms with E-state index >= 15 is 0 Å². The van der Waals surface area contributed by atoms with Crippen LogP contribution < -0.4 is 10.8 Å². The van der Waals surface area contributed by atoms with Gasteiger partial charge in [0.15, 0.2) is 0 Å². The number of rotatable bonds is 4.